The maximum Gasteiger partial charge on any atom is 0.338 e. The molecule has 0 saturated carbocycles. The quantitative estimate of drug-likeness (QED) is 0.424. The van der Waals surface area contributed by atoms with Gasteiger partial charge in [0.25, 0.3) is 5.91 Å². The van der Waals surface area contributed by atoms with Gasteiger partial charge in [-0.25, -0.2) is 9.18 Å². The van der Waals surface area contributed by atoms with Crippen LogP contribution in [-0.4, -0.2) is 24.3 Å². The molecule has 0 aromatic heterocycles. The molecule has 3 rings (SSSR count). The monoisotopic (exact) mass is 455 g/mol. The standard InChI is InChI=1S/C22H15BrFNO4/c23-17-8-4-15(5-9-17)21(27)25-19-3-1-2-16(12-19)22(28)29-13-20(26)14-6-10-18(24)11-7-14/h1-12H,13H2,(H,25,27). The molecule has 0 bridgehead atoms. The van der Waals surface area contributed by atoms with Gasteiger partial charge in [-0.05, 0) is 66.7 Å². The molecule has 0 fully saturated rings. The molecule has 5 nitrogen and oxygen atoms in total. The maximum absolute atomic E-state index is 12.9. The highest BCUT2D eigenvalue weighted by molar-refractivity contribution is 9.10. The van der Waals surface area contributed by atoms with Gasteiger partial charge in [-0.15, -0.1) is 0 Å². The lowest BCUT2D eigenvalue weighted by Gasteiger charge is -2.08. The summed E-state index contributed by atoms with van der Waals surface area (Å²) in [6.45, 7) is -0.472. The molecule has 7 heteroatoms. The summed E-state index contributed by atoms with van der Waals surface area (Å²) in [5.74, 6) is -1.94. The predicted molar refractivity (Wildman–Crippen MR) is 110 cm³/mol. The first-order valence-corrected chi connectivity index (χ1v) is 9.34. The first-order valence-electron chi connectivity index (χ1n) is 8.55. The second kappa shape index (κ2) is 9.25. The Balaban J connectivity index is 1.61. The number of Topliss-reactive ketones (excluding diaryl/α,β-unsaturated/α-hetero) is 1. The number of anilines is 1. The van der Waals surface area contributed by atoms with Crippen LogP contribution in [0.15, 0.2) is 77.3 Å². The van der Waals surface area contributed by atoms with Gasteiger partial charge in [0.2, 0.25) is 0 Å². The smallest absolute Gasteiger partial charge is 0.338 e. The minimum Gasteiger partial charge on any atom is -0.454 e. The van der Waals surface area contributed by atoms with Crippen LogP contribution in [0.2, 0.25) is 0 Å². The number of amides is 1. The summed E-state index contributed by atoms with van der Waals surface area (Å²) >= 11 is 3.31. The van der Waals surface area contributed by atoms with E-state index in [0.29, 0.717) is 11.3 Å². The second-order valence-corrected chi connectivity index (χ2v) is 6.96. The van der Waals surface area contributed by atoms with Gasteiger partial charge in [0.05, 0.1) is 5.56 Å². The van der Waals surface area contributed by atoms with Crippen LogP contribution < -0.4 is 5.32 Å². The van der Waals surface area contributed by atoms with E-state index in [1.165, 1.54) is 24.3 Å². The van der Waals surface area contributed by atoms with E-state index in [-0.39, 0.29) is 17.0 Å². The molecule has 0 aliphatic rings. The normalized spacial score (nSPS) is 10.3. The van der Waals surface area contributed by atoms with E-state index >= 15 is 0 Å². The van der Waals surface area contributed by atoms with Gasteiger partial charge in [0.15, 0.2) is 12.4 Å². The number of halogens is 2. The van der Waals surface area contributed by atoms with Crippen LogP contribution in [0.5, 0.6) is 0 Å². The fourth-order valence-electron chi connectivity index (χ4n) is 2.46. The first kappa shape index (κ1) is 20.4. The van der Waals surface area contributed by atoms with Crippen molar-refractivity contribution in [3.05, 3.63) is 99.8 Å². The molecule has 0 radical (unpaired) electrons. The van der Waals surface area contributed by atoms with Gasteiger partial charge < -0.3 is 10.1 Å². The Bertz CT molecular complexity index is 1050. The summed E-state index contributed by atoms with van der Waals surface area (Å²) in [5.41, 5.74) is 1.31. The Labute approximate surface area is 174 Å². The molecule has 1 N–H and O–H groups in total. The van der Waals surface area contributed by atoms with Crippen molar-refractivity contribution in [1.82, 2.24) is 0 Å². The highest BCUT2D eigenvalue weighted by Crippen LogP contribution is 2.15. The Hall–Kier alpha value is -3.32. The van der Waals surface area contributed by atoms with Crippen molar-refractivity contribution >= 4 is 39.3 Å². The van der Waals surface area contributed by atoms with Gasteiger partial charge in [-0.2, -0.15) is 0 Å². The van der Waals surface area contributed by atoms with Crippen molar-refractivity contribution in [3.63, 3.8) is 0 Å². The minimum atomic E-state index is -0.708. The number of rotatable bonds is 6. The summed E-state index contributed by atoms with van der Waals surface area (Å²) in [7, 11) is 0. The van der Waals surface area contributed by atoms with Gasteiger partial charge in [0, 0.05) is 21.3 Å². The summed E-state index contributed by atoms with van der Waals surface area (Å²) in [5, 5.41) is 2.70. The molecule has 3 aromatic carbocycles. The Morgan fingerprint density at radius 2 is 1.52 bits per heavy atom. The predicted octanol–water partition coefficient (Wildman–Crippen LogP) is 4.88. The lowest BCUT2D eigenvalue weighted by molar-refractivity contribution is 0.0474. The zero-order valence-corrected chi connectivity index (χ0v) is 16.6. The van der Waals surface area contributed by atoms with Crippen LogP contribution in [0.25, 0.3) is 0 Å². The zero-order chi connectivity index (χ0) is 20.8. The topological polar surface area (TPSA) is 72.5 Å². The fourth-order valence-corrected chi connectivity index (χ4v) is 2.73. The molecule has 146 valence electrons. The number of ether oxygens (including phenoxy) is 1. The summed E-state index contributed by atoms with van der Waals surface area (Å²) < 4.78 is 18.8. The number of carbonyl (C=O) groups is 3. The highest BCUT2D eigenvalue weighted by atomic mass is 79.9. The van der Waals surface area contributed by atoms with Crippen molar-refractivity contribution in [2.24, 2.45) is 0 Å². The molecular formula is C22H15BrFNO4. The molecule has 0 heterocycles. The van der Waals surface area contributed by atoms with Crippen LogP contribution in [0.4, 0.5) is 10.1 Å². The van der Waals surface area contributed by atoms with Crippen molar-refractivity contribution in [2.45, 2.75) is 0 Å². The number of hydrogen-bond acceptors (Lipinski definition) is 4. The Morgan fingerprint density at radius 3 is 2.21 bits per heavy atom. The molecular weight excluding hydrogens is 441 g/mol. The van der Waals surface area contributed by atoms with Gasteiger partial charge >= 0.3 is 5.97 Å². The number of nitrogens with one attached hydrogen (secondary N) is 1. The van der Waals surface area contributed by atoms with Crippen LogP contribution in [-0.2, 0) is 4.74 Å². The SMILES string of the molecule is O=C(COC(=O)c1cccc(NC(=O)c2ccc(Br)cc2)c1)c1ccc(F)cc1. The molecule has 0 saturated heterocycles. The Morgan fingerprint density at radius 1 is 0.862 bits per heavy atom. The third kappa shape index (κ3) is 5.58. The largest absolute Gasteiger partial charge is 0.454 e. The molecule has 0 aliphatic carbocycles. The van der Waals surface area contributed by atoms with Crippen LogP contribution in [0.1, 0.15) is 31.1 Å². The summed E-state index contributed by atoms with van der Waals surface area (Å²) in [6, 6.07) is 18.0. The van der Waals surface area contributed by atoms with Crippen molar-refractivity contribution in [3.8, 4) is 0 Å². The molecule has 0 atom stereocenters. The van der Waals surface area contributed by atoms with E-state index in [9.17, 15) is 18.8 Å². The number of ketones is 1. The van der Waals surface area contributed by atoms with E-state index in [4.69, 9.17) is 4.74 Å². The average molecular weight is 456 g/mol. The van der Waals surface area contributed by atoms with E-state index in [1.807, 2.05) is 0 Å². The highest BCUT2D eigenvalue weighted by Gasteiger charge is 2.13. The first-order chi connectivity index (χ1) is 13.9. The third-order valence-electron chi connectivity index (χ3n) is 3.96. The summed E-state index contributed by atoms with van der Waals surface area (Å²) in [4.78, 5) is 36.5. The number of benzene rings is 3. The van der Waals surface area contributed by atoms with Crippen LogP contribution in [0.3, 0.4) is 0 Å². The lowest BCUT2D eigenvalue weighted by Crippen LogP contribution is -2.15. The molecule has 0 unspecified atom stereocenters. The number of hydrogen-bond donors (Lipinski definition) is 1. The van der Waals surface area contributed by atoms with E-state index < -0.39 is 24.2 Å². The van der Waals surface area contributed by atoms with Crippen molar-refractivity contribution < 1.29 is 23.5 Å². The molecule has 29 heavy (non-hydrogen) atoms. The maximum atomic E-state index is 12.9. The van der Waals surface area contributed by atoms with Crippen molar-refractivity contribution in [2.75, 3.05) is 11.9 Å². The number of carbonyl (C=O) groups excluding carboxylic acids is 3. The molecule has 0 aliphatic heterocycles. The second-order valence-electron chi connectivity index (χ2n) is 6.05. The van der Waals surface area contributed by atoms with Crippen LogP contribution >= 0.6 is 15.9 Å². The van der Waals surface area contributed by atoms with Gasteiger partial charge in [0.1, 0.15) is 5.82 Å². The third-order valence-corrected chi connectivity index (χ3v) is 4.49. The molecule has 3 aromatic rings. The lowest BCUT2D eigenvalue weighted by atomic mass is 10.1. The van der Waals surface area contributed by atoms with E-state index in [1.54, 1.807) is 36.4 Å². The van der Waals surface area contributed by atoms with Crippen molar-refractivity contribution in [1.29, 1.82) is 0 Å². The van der Waals surface area contributed by atoms with Gasteiger partial charge in [-0.1, -0.05) is 22.0 Å². The molecule has 1 amide bonds. The Kier molecular flexibility index (Phi) is 6.51. The average Bonchev–Trinajstić information content (AvgIpc) is 2.73. The molecule has 0 spiro atoms. The number of esters is 1. The zero-order valence-electron chi connectivity index (χ0n) is 15.0. The van der Waals surface area contributed by atoms with Gasteiger partial charge in [-0.3, -0.25) is 9.59 Å². The summed E-state index contributed by atoms with van der Waals surface area (Å²) in [6.07, 6.45) is 0. The fraction of sp³-hybridized carbons (Fsp3) is 0.0455. The van der Waals surface area contributed by atoms with E-state index in [2.05, 4.69) is 21.2 Å². The minimum absolute atomic E-state index is 0.186. The van der Waals surface area contributed by atoms with Crippen LogP contribution in [0, 0.1) is 5.82 Å². The van der Waals surface area contributed by atoms with E-state index in [0.717, 1.165) is 16.6 Å².